The second-order valence-corrected chi connectivity index (χ2v) is 10.4. The van der Waals surface area contributed by atoms with Gasteiger partial charge in [0.2, 0.25) is 0 Å². The van der Waals surface area contributed by atoms with Crippen LogP contribution in [0.25, 0.3) is 6.08 Å². The Morgan fingerprint density at radius 3 is 2.43 bits per heavy atom. The Labute approximate surface area is 220 Å². The minimum atomic E-state index is -0.440. The Bertz CT molecular complexity index is 1330. The number of nitro benzene ring substituents is 1. The molecule has 1 aliphatic rings. The van der Waals surface area contributed by atoms with E-state index >= 15 is 0 Å². The first-order valence-electron chi connectivity index (χ1n) is 10.4. The maximum atomic E-state index is 13.2. The Morgan fingerprint density at radius 1 is 1.11 bits per heavy atom. The Hall–Kier alpha value is -3.21. The predicted octanol–water partition coefficient (Wildman–Crippen LogP) is 6.41. The molecule has 1 amide bonds. The van der Waals surface area contributed by atoms with Crippen LogP contribution < -0.4 is 14.5 Å². The number of amides is 1. The second kappa shape index (κ2) is 10.6. The van der Waals surface area contributed by atoms with Crippen LogP contribution in [0, 0.1) is 10.1 Å². The lowest BCUT2D eigenvalue weighted by molar-refractivity contribution is -0.384. The highest BCUT2D eigenvalue weighted by Gasteiger charge is 2.33. The summed E-state index contributed by atoms with van der Waals surface area (Å²) in [5, 5.41) is 10.9. The molecule has 0 atom stereocenters. The van der Waals surface area contributed by atoms with Gasteiger partial charge < -0.3 is 9.64 Å². The molecule has 0 aromatic heterocycles. The summed E-state index contributed by atoms with van der Waals surface area (Å²) >= 11 is 10.2. The topological polar surface area (TPSA) is 75.9 Å². The molecular formula is C25H20BrN3O4S2. The highest BCUT2D eigenvalue weighted by atomic mass is 79.9. The lowest BCUT2D eigenvalue weighted by atomic mass is 10.1. The molecule has 4 rings (SSSR count). The predicted molar refractivity (Wildman–Crippen MR) is 148 cm³/mol. The molecule has 1 saturated heterocycles. The van der Waals surface area contributed by atoms with E-state index in [1.165, 1.54) is 28.8 Å². The van der Waals surface area contributed by atoms with Gasteiger partial charge in [0.1, 0.15) is 12.4 Å². The number of thiocarbonyl (C=S) groups is 1. The minimum absolute atomic E-state index is 0.0245. The van der Waals surface area contributed by atoms with E-state index in [0.29, 0.717) is 26.2 Å². The first-order chi connectivity index (χ1) is 16.7. The van der Waals surface area contributed by atoms with Crippen LogP contribution in [0.1, 0.15) is 11.1 Å². The fourth-order valence-electron chi connectivity index (χ4n) is 3.37. The van der Waals surface area contributed by atoms with Gasteiger partial charge in [0.15, 0.2) is 4.32 Å². The van der Waals surface area contributed by atoms with E-state index in [0.717, 1.165) is 15.7 Å². The van der Waals surface area contributed by atoms with E-state index in [-0.39, 0.29) is 18.2 Å². The lowest BCUT2D eigenvalue weighted by Crippen LogP contribution is -2.27. The zero-order chi connectivity index (χ0) is 25.1. The molecule has 0 N–H and O–H groups in total. The van der Waals surface area contributed by atoms with E-state index < -0.39 is 4.92 Å². The summed E-state index contributed by atoms with van der Waals surface area (Å²) in [7, 11) is 3.91. The van der Waals surface area contributed by atoms with E-state index in [1.54, 1.807) is 18.2 Å². The van der Waals surface area contributed by atoms with E-state index in [9.17, 15) is 14.9 Å². The quantitative estimate of drug-likeness (QED) is 0.141. The SMILES string of the molecule is CN(C)c1ccc(N2C(=O)/C(=C/c3cc(Br)ccc3OCc3ccc([N+](=O)[O-])cc3)SC2=S)cc1. The number of thioether (sulfide) groups is 1. The van der Waals surface area contributed by atoms with Crippen molar-refractivity contribution in [3.63, 3.8) is 0 Å². The molecule has 35 heavy (non-hydrogen) atoms. The standard InChI is InChI=1S/C25H20BrN3O4S2/c1-27(2)19-8-10-20(11-9-19)28-24(30)23(35-25(28)34)14-17-13-18(26)5-12-22(17)33-15-16-3-6-21(7-4-16)29(31)32/h3-14H,15H2,1-2H3/b23-14-. The van der Waals surface area contributed by atoms with Crippen molar-refractivity contribution in [1.29, 1.82) is 0 Å². The van der Waals surface area contributed by atoms with Crippen molar-refractivity contribution in [1.82, 2.24) is 0 Å². The zero-order valence-corrected chi connectivity index (χ0v) is 22.0. The molecule has 3 aromatic rings. The third-order valence-electron chi connectivity index (χ3n) is 5.22. The van der Waals surface area contributed by atoms with Gasteiger partial charge in [-0.1, -0.05) is 39.9 Å². The number of anilines is 2. The first-order valence-corrected chi connectivity index (χ1v) is 12.5. The van der Waals surface area contributed by atoms with Crippen LogP contribution in [0.4, 0.5) is 17.1 Å². The summed E-state index contributed by atoms with van der Waals surface area (Å²) in [4.78, 5) is 27.7. The van der Waals surface area contributed by atoms with Crippen LogP contribution in [0.5, 0.6) is 5.75 Å². The molecule has 0 radical (unpaired) electrons. The molecule has 0 unspecified atom stereocenters. The van der Waals surface area contributed by atoms with Crippen molar-refractivity contribution in [2.45, 2.75) is 6.61 Å². The van der Waals surface area contributed by atoms with E-state index in [1.807, 2.05) is 61.5 Å². The number of carbonyl (C=O) groups is 1. The highest BCUT2D eigenvalue weighted by Crippen LogP contribution is 2.38. The smallest absolute Gasteiger partial charge is 0.270 e. The fourth-order valence-corrected chi connectivity index (χ4v) is 5.04. The molecular weight excluding hydrogens is 550 g/mol. The van der Waals surface area contributed by atoms with Crippen LogP contribution in [0.15, 0.2) is 76.1 Å². The molecule has 0 spiro atoms. The van der Waals surface area contributed by atoms with E-state index in [2.05, 4.69) is 15.9 Å². The maximum Gasteiger partial charge on any atom is 0.270 e. The number of hydrogen-bond acceptors (Lipinski definition) is 7. The Balaban J connectivity index is 1.56. The van der Waals surface area contributed by atoms with Gasteiger partial charge in [-0.25, -0.2) is 0 Å². The van der Waals surface area contributed by atoms with Crippen molar-refractivity contribution in [3.05, 3.63) is 97.3 Å². The monoisotopic (exact) mass is 569 g/mol. The highest BCUT2D eigenvalue weighted by molar-refractivity contribution is 9.10. The number of non-ortho nitro benzene ring substituents is 1. The third kappa shape index (κ3) is 5.72. The summed E-state index contributed by atoms with van der Waals surface area (Å²) in [6.07, 6.45) is 1.77. The molecule has 0 bridgehead atoms. The lowest BCUT2D eigenvalue weighted by Gasteiger charge is -2.17. The summed E-state index contributed by atoms with van der Waals surface area (Å²) in [5.41, 5.74) is 3.27. The summed E-state index contributed by atoms with van der Waals surface area (Å²) < 4.78 is 7.29. The maximum absolute atomic E-state index is 13.2. The van der Waals surface area contributed by atoms with Gasteiger partial charge in [-0.3, -0.25) is 19.8 Å². The number of nitro groups is 1. The molecule has 1 aliphatic heterocycles. The number of ether oxygens (including phenoxy) is 1. The Morgan fingerprint density at radius 2 is 1.80 bits per heavy atom. The average molecular weight is 570 g/mol. The van der Waals surface area contributed by atoms with Gasteiger partial charge >= 0.3 is 0 Å². The summed E-state index contributed by atoms with van der Waals surface area (Å²) in [5.74, 6) is 0.381. The molecule has 0 aliphatic carbocycles. The summed E-state index contributed by atoms with van der Waals surface area (Å²) in [6, 6.07) is 19.3. The largest absolute Gasteiger partial charge is 0.488 e. The van der Waals surface area contributed by atoms with Crippen molar-refractivity contribution in [2.24, 2.45) is 0 Å². The van der Waals surface area contributed by atoms with Gasteiger partial charge in [0, 0.05) is 42.0 Å². The van der Waals surface area contributed by atoms with Gasteiger partial charge in [-0.05, 0) is 66.2 Å². The van der Waals surface area contributed by atoms with Crippen molar-refractivity contribution in [3.8, 4) is 5.75 Å². The van der Waals surface area contributed by atoms with E-state index in [4.69, 9.17) is 17.0 Å². The van der Waals surface area contributed by atoms with Gasteiger partial charge in [-0.2, -0.15) is 0 Å². The number of rotatable bonds is 7. The number of hydrogen-bond donors (Lipinski definition) is 0. The molecule has 1 heterocycles. The first kappa shape index (κ1) is 24.9. The van der Waals surface area contributed by atoms with Crippen molar-refractivity contribution < 1.29 is 14.5 Å². The molecule has 1 fully saturated rings. The zero-order valence-electron chi connectivity index (χ0n) is 18.8. The van der Waals surface area contributed by atoms with Crippen LogP contribution in [0.2, 0.25) is 0 Å². The van der Waals surface area contributed by atoms with Gasteiger partial charge in [0.05, 0.1) is 15.5 Å². The minimum Gasteiger partial charge on any atom is -0.488 e. The van der Waals surface area contributed by atoms with Crippen LogP contribution in [-0.2, 0) is 11.4 Å². The molecule has 0 saturated carbocycles. The third-order valence-corrected chi connectivity index (χ3v) is 7.01. The number of nitrogens with zero attached hydrogens (tertiary/aromatic N) is 3. The number of carbonyl (C=O) groups excluding carboxylic acids is 1. The molecule has 7 nitrogen and oxygen atoms in total. The molecule has 10 heteroatoms. The normalized spacial score (nSPS) is 14.5. The van der Waals surface area contributed by atoms with Crippen LogP contribution in [0.3, 0.4) is 0 Å². The Kier molecular flexibility index (Phi) is 7.54. The van der Waals surface area contributed by atoms with Crippen molar-refractivity contribution in [2.75, 3.05) is 23.9 Å². The molecule has 178 valence electrons. The summed E-state index contributed by atoms with van der Waals surface area (Å²) in [6.45, 7) is 0.222. The van der Waals surface area contributed by atoms with Crippen molar-refractivity contribution >= 4 is 73.3 Å². The fraction of sp³-hybridized carbons (Fsp3) is 0.120. The van der Waals surface area contributed by atoms with Gasteiger partial charge in [-0.15, -0.1) is 0 Å². The molecule has 3 aromatic carbocycles. The number of halogens is 1. The van der Waals surface area contributed by atoms with Gasteiger partial charge in [0.25, 0.3) is 11.6 Å². The van der Waals surface area contributed by atoms with Crippen LogP contribution in [-0.4, -0.2) is 29.2 Å². The average Bonchev–Trinajstić information content (AvgIpc) is 3.11. The van der Waals surface area contributed by atoms with Crippen LogP contribution >= 0.6 is 39.9 Å². The second-order valence-electron chi connectivity index (χ2n) is 7.82. The number of benzene rings is 3.